The zero-order chi connectivity index (χ0) is 20.6. The first-order chi connectivity index (χ1) is 14.8. The van der Waals surface area contributed by atoms with Crippen molar-refractivity contribution in [3.05, 3.63) is 96.6 Å². The van der Waals surface area contributed by atoms with Crippen LogP contribution in [0.3, 0.4) is 0 Å². The number of hydrogen-bond donors (Lipinski definition) is 0. The Labute approximate surface area is 180 Å². The van der Waals surface area contributed by atoms with Crippen molar-refractivity contribution in [1.82, 2.24) is 4.90 Å². The number of carbonyl (C=O) groups is 1. The molecule has 0 spiro atoms. The second-order valence-corrected chi connectivity index (χ2v) is 8.00. The third kappa shape index (κ3) is 4.98. The summed E-state index contributed by atoms with van der Waals surface area (Å²) in [6, 6.07) is 30.2. The maximum Gasteiger partial charge on any atom is 0.239 e. The molecule has 3 heteroatoms. The summed E-state index contributed by atoms with van der Waals surface area (Å²) in [5, 5.41) is 0. The summed E-state index contributed by atoms with van der Waals surface area (Å²) in [5.41, 5.74) is 2.91. The van der Waals surface area contributed by atoms with Crippen LogP contribution in [0.5, 0.6) is 0 Å². The highest BCUT2D eigenvalue weighted by atomic mass is 16.2. The molecule has 1 atom stereocenters. The molecule has 0 N–H and O–H groups in total. The summed E-state index contributed by atoms with van der Waals surface area (Å²) >= 11 is 0. The summed E-state index contributed by atoms with van der Waals surface area (Å²) in [7, 11) is 0. The molecule has 1 unspecified atom stereocenters. The number of carbonyl (C=O) groups excluding carboxylic acids is 1. The van der Waals surface area contributed by atoms with Gasteiger partial charge >= 0.3 is 0 Å². The Bertz CT molecular complexity index is 866. The molecule has 30 heavy (non-hydrogen) atoms. The number of rotatable bonds is 7. The largest absolute Gasteiger partial charge is 0.303 e. The van der Waals surface area contributed by atoms with E-state index in [9.17, 15) is 4.79 Å². The van der Waals surface area contributed by atoms with Crippen molar-refractivity contribution in [2.45, 2.75) is 31.6 Å². The molecular formula is C27H30N2O. The Hall–Kier alpha value is -2.91. The first kappa shape index (κ1) is 20.4. The first-order valence-corrected chi connectivity index (χ1v) is 11.0. The first-order valence-electron chi connectivity index (χ1n) is 11.0. The van der Waals surface area contributed by atoms with Gasteiger partial charge in [-0.05, 0) is 68.7 Å². The molecule has 3 nitrogen and oxygen atoms in total. The number of anilines is 2. The molecule has 0 aliphatic carbocycles. The lowest BCUT2D eigenvalue weighted by Crippen LogP contribution is -2.35. The summed E-state index contributed by atoms with van der Waals surface area (Å²) in [5.74, 6) is -0.0378. The molecule has 0 saturated carbocycles. The van der Waals surface area contributed by atoms with E-state index in [1.165, 1.54) is 19.3 Å². The summed E-state index contributed by atoms with van der Waals surface area (Å²) in [4.78, 5) is 18.4. The molecule has 154 valence electrons. The standard InChI is InChI=1S/C27H30N2O/c30-27(29(24-15-7-2-8-16-24)25-17-9-3-10-18-25)26(23-13-5-1-6-14-23)19-22-28-20-11-4-12-21-28/h1-3,5-10,13-18,26H,4,11-12,19-22H2. The number of para-hydroxylation sites is 2. The lowest BCUT2D eigenvalue weighted by molar-refractivity contribution is -0.119. The number of piperidine rings is 1. The van der Waals surface area contributed by atoms with E-state index in [1.54, 1.807) is 0 Å². The van der Waals surface area contributed by atoms with Gasteiger partial charge in [-0.3, -0.25) is 9.69 Å². The minimum absolute atomic E-state index is 0.135. The van der Waals surface area contributed by atoms with Crippen LogP contribution in [0, 0.1) is 0 Å². The van der Waals surface area contributed by atoms with Gasteiger partial charge in [0.1, 0.15) is 0 Å². The van der Waals surface area contributed by atoms with Gasteiger partial charge in [0.15, 0.2) is 0 Å². The third-order valence-electron chi connectivity index (χ3n) is 5.93. The van der Waals surface area contributed by atoms with Gasteiger partial charge in [-0.15, -0.1) is 0 Å². The van der Waals surface area contributed by atoms with E-state index < -0.39 is 0 Å². The molecule has 1 heterocycles. The van der Waals surface area contributed by atoms with Gasteiger partial charge in [-0.25, -0.2) is 0 Å². The molecule has 0 radical (unpaired) electrons. The van der Waals surface area contributed by atoms with E-state index in [0.717, 1.165) is 43.0 Å². The van der Waals surface area contributed by atoms with E-state index >= 15 is 0 Å². The summed E-state index contributed by atoms with van der Waals surface area (Å²) in [6.07, 6.45) is 4.70. The second-order valence-electron chi connectivity index (χ2n) is 8.00. The highest BCUT2D eigenvalue weighted by Gasteiger charge is 2.28. The highest BCUT2D eigenvalue weighted by molar-refractivity contribution is 6.04. The molecule has 3 aromatic rings. The van der Waals surface area contributed by atoms with Crippen LogP contribution in [-0.2, 0) is 4.79 Å². The van der Waals surface area contributed by atoms with Gasteiger partial charge in [-0.2, -0.15) is 0 Å². The fraction of sp³-hybridized carbons (Fsp3) is 0.296. The maximum atomic E-state index is 14.0. The average molecular weight is 399 g/mol. The van der Waals surface area contributed by atoms with Crippen molar-refractivity contribution in [3.63, 3.8) is 0 Å². The van der Waals surface area contributed by atoms with Gasteiger partial charge < -0.3 is 4.90 Å². The van der Waals surface area contributed by atoms with Gasteiger partial charge in [0.25, 0.3) is 0 Å². The normalized spacial score (nSPS) is 15.5. The molecule has 3 aromatic carbocycles. The van der Waals surface area contributed by atoms with Crippen molar-refractivity contribution >= 4 is 17.3 Å². The quantitative estimate of drug-likeness (QED) is 0.486. The van der Waals surface area contributed by atoms with Gasteiger partial charge in [0.05, 0.1) is 5.92 Å². The van der Waals surface area contributed by atoms with Crippen molar-refractivity contribution in [1.29, 1.82) is 0 Å². The Morgan fingerprint density at radius 1 is 0.733 bits per heavy atom. The van der Waals surface area contributed by atoms with Crippen molar-refractivity contribution < 1.29 is 4.79 Å². The van der Waals surface area contributed by atoms with Crippen LogP contribution in [0.15, 0.2) is 91.0 Å². The second kappa shape index (κ2) is 10.2. The van der Waals surface area contributed by atoms with E-state index in [-0.39, 0.29) is 11.8 Å². The fourth-order valence-corrected chi connectivity index (χ4v) is 4.33. The molecule has 0 bridgehead atoms. The van der Waals surface area contributed by atoms with Crippen molar-refractivity contribution in [3.8, 4) is 0 Å². The SMILES string of the molecule is O=C(C(CCN1CCCCC1)c1ccccc1)N(c1ccccc1)c1ccccc1. The summed E-state index contributed by atoms with van der Waals surface area (Å²) in [6.45, 7) is 3.26. The number of hydrogen-bond acceptors (Lipinski definition) is 2. The van der Waals surface area contributed by atoms with Crippen molar-refractivity contribution in [2.75, 3.05) is 24.5 Å². The predicted octanol–water partition coefficient (Wildman–Crippen LogP) is 6.01. The minimum Gasteiger partial charge on any atom is -0.303 e. The van der Waals surface area contributed by atoms with Crippen LogP contribution in [-0.4, -0.2) is 30.4 Å². The zero-order valence-corrected chi connectivity index (χ0v) is 17.5. The Morgan fingerprint density at radius 2 is 1.23 bits per heavy atom. The van der Waals surface area contributed by atoms with Crippen LogP contribution in [0.1, 0.15) is 37.2 Å². The average Bonchev–Trinajstić information content (AvgIpc) is 2.82. The Kier molecular flexibility index (Phi) is 6.94. The Balaban J connectivity index is 1.65. The number of benzene rings is 3. The molecule has 1 aliphatic heterocycles. The van der Waals surface area contributed by atoms with Gasteiger partial charge in [0.2, 0.25) is 5.91 Å². The smallest absolute Gasteiger partial charge is 0.239 e. The highest BCUT2D eigenvalue weighted by Crippen LogP contribution is 2.32. The van der Waals surface area contributed by atoms with Crippen molar-refractivity contribution in [2.24, 2.45) is 0 Å². The minimum atomic E-state index is -0.173. The monoisotopic (exact) mass is 398 g/mol. The fourth-order valence-electron chi connectivity index (χ4n) is 4.33. The lowest BCUT2D eigenvalue weighted by Gasteiger charge is -2.31. The van der Waals surface area contributed by atoms with Crippen LogP contribution in [0.25, 0.3) is 0 Å². The van der Waals surface area contributed by atoms with E-state index in [0.29, 0.717) is 0 Å². The van der Waals surface area contributed by atoms with Crippen LogP contribution in [0.2, 0.25) is 0 Å². The third-order valence-corrected chi connectivity index (χ3v) is 5.93. The van der Waals surface area contributed by atoms with Crippen LogP contribution >= 0.6 is 0 Å². The topological polar surface area (TPSA) is 23.6 Å². The van der Waals surface area contributed by atoms with Crippen LogP contribution < -0.4 is 4.90 Å². The molecule has 0 aromatic heterocycles. The zero-order valence-electron chi connectivity index (χ0n) is 17.5. The van der Waals surface area contributed by atoms with E-state index in [4.69, 9.17) is 0 Å². The summed E-state index contributed by atoms with van der Waals surface area (Å²) < 4.78 is 0. The predicted molar refractivity (Wildman–Crippen MR) is 124 cm³/mol. The van der Waals surface area contributed by atoms with Gasteiger partial charge in [0, 0.05) is 11.4 Å². The maximum absolute atomic E-state index is 14.0. The van der Waals surface area contributed by atoms with E-state index in [2.05, 4.69) is 17.0 Å². The number of nitrogens with zero attached hydrogens (tertiary/aromatic N) is 2. The van der Waals surface area contributed by atoms with Gasteiger partial charge in [-0.1, -0.05) is 73.2 Å². The molecular weight excluding hydrogens is 368 g/mol. The molecule has 1 aliphatic rings. The molecule has 1 amide bonds. The number of amides is 1. The molecule has 1 fully saturated rings. The number of likely N-dealkylation sites (tertiary alicyclic amines) is 1. The Morgan fingerprint density at radius 3 is 1.77 bits per heavy atom. The molecule has 4 rings (SSSR count). The molecule has 1 saturated heterocycles. The lowest BCUT2D eigenvalue weighted by atomic mass is 9.93. The van der Waals surface area contributed by atoms with E-state index in [1.807, 2.05) is 83.8 Å². The van der Waals surface area contributed by atoms with Crippen LogP contribution in [0.4, 0.5) is 11.4 Å².